The summed E-state index contributed by atoms with van der Waals surface area (Å²) in [6, 6.07) is 0. The van der Waals surface area contributed by atoms with Gasteiger partial charge in [0.25, 0.3) is 15.4 Å². The minimum Gasteiger partial charge on any atom is -0.464 e. The van der Waals surface area contributed by atoms with E-state index in [4.69, 9.17) is 20.9 Å². The van der Waals surface area contributed by atoms with Crippen LogP contribution in [0.4, 0.5) is 13.2 Å². The highest BCUT2D eigenvalue weighted by atomic mass is 35.5. The van der Waals surface area contributed by atoms with Crippen LogP contribution in [0.15, 0.2) is 0 Å². The molecule has 0 saturated heterocycles. The van der Waals surface area contributed by atoms with Gasteiger partial charge in [0.2, 0.25) is 0 Å². The molecular weight excluding hydrogens is 385 g/mol. The van der Waals surface area contributed by atoms with Gasteiger partial charge in [-0.1, -0.05) is 0 Å². The molecule has 0 aromatic heterocycles. The lowest BCUT2D eigenvalue weighted by molar-refractivity contribution is -0.180. The average Bonchev–Trinajstić information content (AvgIpc) is 2.41. The number of hydrogen-bond acceptors (Lipinski definition) is 4. The molecule has 4 saturated carbocycles. The summed E-state index contributed by atoms with van der Waals surface area (Å²) < 4.78 is 73.9. The highest BCUT2D eigenvalue weighted by Gasteiger charge is 2.59. The van der Waals surface area contributed by atoms with Gasteiger partial charge in [-0.2, -0.15) is 21.6 Å². The molecule has 0 aromatic carbocycles. The Labute approximate surface area is 149 Å². The lowest BCUT2D eigenvalue weighted by Gasteiger charge is -2.61. The van der Waals surface area contributed by atoms with Gasteiger partial charge in [0.15, 0.2) is 0 Å². The SMILES string of the molecule is O=C(OCC12CC3CC(CC(CCl)(C3)C1)C2)C(C(F)(F)F)S(=O)(=O)O. The van der Waals surface area contributed by atoms with Crippen molar-refractivity contribution >= 4 is 27.7 Å². The quantitative estimate of drug-likeness (QED) is 0.432. The van der Waals surface area contributed by atoms with Crippen molar-refractivity contribution in [3.8, 4) is 0 Å². The largest absolute Gasteiger partial charge is 0.464 e. The van der Waals surface area contributed by atoms with Crippen LogP contribution in [0.5, 0.6) is 0 Å². The number of carbonyl (C=O) groups excluding carboxylic acids is 1. The maximum absolute atomic E-state index is 12.8. The van der Waals surface area contributed by atoms with Crippen molar-refractivity contribution in [1.29, 1.82) is 0 Å². The maximum Gasteiger partial charge on any atom is 0.418 e. The first-order valence-electron chi connectivity index (χ1n) is 8.14. The Hall–Kier alpha value is -0.540. The number of esters is 1. The Balaban J connectivity index is 1.74. The van der Waals surface area contributed by atoms with Crippen molar-refractivity contribution in [2.75, 3.05) is 12.5 Å². The van der Waals surface area contributed by atoms with Crippen LogP contribution in [0.25, 0.3) is 0 Å². The summed E-state index contributed by atoms with van der Waals surface area (Å²) in [6.07, 6.45) is -0.228. The van der Waals surface area contributed by atoms with Crippen LogP contribution < -0.4 is 0 Å². The minimum absolute atomic E-state index is 0.0650. The molecule has 1 N–H and O–H groups in total. The Morgan fingerprint density at radius 2 is 1.72 bits per heavy atom. The molecule has 10 heteroatoms. The first kappa shape index (κ1) is 19.2. The molecule has 0 aliphatic heterocycles. The summed E-state index contributed by atoms with van der Waals surface area (Å²) in [5.41, 5.74) is -0.505. The second kappa shape index (κ2) is 5.99. The molecule has 0 amide bonds. The molecule has 144 valence electrons. The van der Waals surface area contributed by atoms with Gasteiger partial charge in [-0.15, -0.1) is 11.6 Å². The smallest absolute Gasteiger partial charge is 0.418 e. The lowest BCUT2D eigenvalue weighted by Crippen LogP contribution is -2.55. The van der Waals surface area contributed by atoms with E-state index in [9.17, 15) is 26.4 Å². The molecule has 5 nitrogen and oxygen atoms in total. The van der Waals surface area contributed by atoms with E-state index >= 15 is 0 Å². The summed E-state index contributed by atoms with van der Waals surface area (Å²) in [6.45, 7) is -0.264. The van der Waals surface area contributed by atoms with Crippen LogP contribution in [-0.2, 0) is 19.6 Å². The Morgan fingerprint density at radius 3 is 2.16 bits per heavy atom. The number of halogens is 4. The molecule has 0 aromatic rings. The average molecular weight is 405 g/mol. The summed E-state index contributed by atoms with van der Waals surface area (Å²) in [4.78, 5) is 11.8. The Kier molecular flexibility index (Phi) is 4.60. The van der Waals surface area contributed by atoms with E-state index in [0.717, 1.165) is 32.1 Å². The van der Waals surface area contributed by atoms with Gasteiger partial charge in [-0.3, -0.25) is 9.35 Å². The van der Waals surface area contributed by atoms with Crippen molar-refractivity contribution in [2.45, 2.75) is 50.0 Å². The van der Waals surface area contributed by atoms with Crippen molar-refractivity contribution in [3.05, 3.63) is 0 Å². The molecule has 0 heterocycles. The lowest BCUT2D eigenvalue weighted by atomic mass is 9.45. The monoisotopic (exact) mass is 404 g/mol. The molecule has 3 unspecified atom stereocenters. The third kappa shape index (κ3) is 3.64. The first-order chi connectivity index (χ1) is 11.4. The van der Waals surface area contributed by atoms with Crippen molar-refractivity contribution < 1.29 is 35.7 Å². The van der Waals surface area contributed by atoms with Gasteiger partial charge in [-0.25, -0.2) is 0 Å². The minimum atomic E-state index is -5.64. The van der Waals surface area contributed by atoms with Crippen LogP contribution in [0.1, 0.15) is 38.5 Å². The number of rotatable bonds is 5. The molecular formula is C15H20ClF3O5S. The van der Waals surface area contributed by atoms with E-state index in [0.29, 0.717) is 24.1 Å². The fourth-order valence-corrected chi connectivity index (χ4v) is 6.66. The molecule has 0 radical (unpaired) electrons. The van der Waals surface area contributed by atoms with Crippen LogP contribution in [-0.4, -0.2) is 42.9 Å². The first-order valence-corrected chi connectivity index (χ1v) is 10.2. The summed E-state index contributed by atoms with van der Waals surface area (Å²) in [5.74, 6) is -0.672. The molecule has 4 fully saturated rings. The van der Waals surface area contributed by atoms with E-state index in [1.165, 1.54) is 0 Å². The summed E-state index contributed by atoms with van der Waals surface area (Å²) in [5, 5.41) is -3.56. The maximum atomic E-state index is 12.8. The van der Waals surface area contributed by atoms with E-state index < -0.39 is 32.9 Å². The van der Waals surface area contributed by atoms with Crippen molar-refractivity contribution in [1.82, 2.24) is 0 Å². The molecule has 3 atom stereocenters. The van der Waals surface area contributed by atoms with Gasteiger partial charge in [0.1, 0.15) is 0 Å². The van der Waals surface area contributed by atoms with E-state index in [1.807, 2.05) is 0 Å². The van der Waals surface area contributed by atoms with Crippen LogP contribution in [0.3, 0.4) is 0 Å². The fraction of sp³-hybridized carbons (Fsp3) is 0.933. The van der Waals surface area contributed by atoms with Crippen molar-refractivity contribution in [2.24, 2.45) is 22.7 Å². The Morgan fingerprint density at radius 1 is 1.20 bits per heavy atom. The summed E-state index contributed by atoms with van der Waals surface area (Å²) >= 11 is 6.15. The normalized spacial score (nSPS) is 38.6. The zero-order chi connectivity index (χ0) is 18.7. The second-order valence-corrected chi connectivity index (χ2v) is 9.91. The summed E-state index contributed by atoms with van der Waals surface area (Å²) in [7, 11) is -5.64. The van der Waals surface area contributed by atoms with Gasteiger partial charge in [0.05, 0.1) is 6.61 Å². The molecule has 4 rings (SSSR count). The third-order valence-electron chi connectivity index (χ3n) is 5.92. The number of alkyl halides is 4. The van der Waals surface area contributed by atoms with E-state index in [2.05, 4.69) is 0 Å². The molecule has 25 heavy (non-hydrogen) atoms. The standard InChI is InChI=1S/C15H20ClF3O5S/c16-7-13-2-9-1-10(3-13)5-14(4-9,6-13)8-24-12(20)11(15(17,18)19)25(21,22)23/h9-11H,1-8H2,(H,21,22,23). The van der Waals surface area contributed by atoms with Crippen molar-refractivity contribution in [3.63, 3.8) is 0 Å². The molecule has 0 spiro atoms. The zero-order valence-corrected chi connectivity index (χ0v) is 15.0. The highest BCUT2D eigenvalue weighted by molar-refractivity contribution is 7.87. The third-order valence-corrected chi connectivity index (χ3v) is 7.54. The van der Waals surface area contributed by atoms with E-state index in [1.54, 1.807) is 0 Å². The van der Waals surface area contributed by atoms with Crippen LogP contribution in [0, 0.1) is 22.7 Å². The predicted octanol–water partition coefficient (Wildman–Crippen LogP) is 3.17. The van der Waals surface area contributed by atoms with Gasteiger partial charge < -0.3 is 4.74 Å². The van der Waals surface area contributed by atoms with E-state index in [-0.39, 0.29) is 12.0 Å². The zero-order valence-electron chi connectivity index (χ0n) is 13.4. The van der Waals surface area contributed by atoms with Gasteiger partial charge >= 0.3 is 12.1 Å². The molecule has 4 bridgehead atoms. The van der Waals surface area contributed by atoms with Gasteiger partial charge in [0, 0.05) is 11.3 Å². The topological polar surface area (TPSA) is 80.7 Å². The second-order valence-electron chi connectivity index (χ2n) is 8.14. The van der Waals surface area contributed by atoms with Gasteiger partial charge in [-0.05, 0) is 55.8 Å². The number of hydrogen-bond donors (Lipinski definition) is 1. The number of ether oxygens (including phenoxy) is 1. The molecule has 4 aliphatic carbocycles. The predicted molar refractivity (Wildman–Crippen MR) is 82.6 cm³/mol. The Bertz CT molecular complexity index is 649. The fourth-order valence-electron chi connectivity index (χ4n) is 5.70. The van der Waals surface area contributed by atoms with Crippen LogP contribution >= 0.6 is 11.6 Å². The van der Waals surface area contributed by atoms with Crippen LogP contribution in [0.2, 0.25) is 0 Å². The number of carbonyl (C=O) groups is 1. The highest BCUT2D eigenvalue weighted by Crippen LogP contribution is 2.65. The molecule has 4 aliphatic rings.